The van der Waals surface area contributed by atoms with Crippen molar-refractivity contribution in [2.45, 2.75) is 64.7 Å². The number of hydrogen-bond donors (Lipinski definition) is 3. The van der Waals surface area contributed by atoms with Gasteiger partial charge in [0.05, 0.1) is 0 Å². The summed E-state index contributed by atoms with van der Waals surface area (Å²) in [5, 5.41) is 8.94. The minimum Gasteiger partial charge on any atom is -0.332 e. The number of anilines is 2. The lowest BCUT2D eigenvalue weighted by molar-refractivity contribution is -0.120. The Bertz CT molecular complexity index is 627. The van der Waals surface area contributed by atoms with Gasteiger partial charge in [-0.05, 0) is 55.6 Å². The van der Waals surface area contributed by atoms with Gasteiger partial charge >= 0.3 is 0 Å². The Hall–Kier alpha value is -1.95. The van der Waals surface area contributed by atoms with Gasteiger partial charge in [-0.15, -0.1) is 0 Å². The van der Waals surface area contributed by atoms with Crippen LogP contribution in [0.5, 0.6) is 0 Å². The Labute approximate surface area is 161 Å². The fourth-order valence-corrected chi connectivity index (χ4v) is 3.48. The molecule has 0 saturated heterocycles. The summed E-state index contributed by atoms with van der Waals surface area (Å²) in [7, 11) is 0. The summed E-state index contributed by atoms with van der Waals surface area (Å²) in [5.74, 6) is 0.474. The minimum absolute atomic E-state index is 0.0167. The van der Waals surface area contributed by atoms with Crippen molar-refractivity contribution in [3.63, 3.8) is 0 Å². The third-order valence-electron chi connectivity index (χ3n) is 4.61. The summed E-state index contributed by atoms with van der Waals surface area (Å²) in [6.45, 7) is 2.11. The number of thiocarbonyl (C=S) groups is 1. The van der Waals surface area contributed by atoms with Gasteiger partial charge in [-0.25, -0.2) is 0 Å². The lowest BCUT2D eigenvalue weighted by Crippen LogP contribution is -2.34. The Kier molecular flexibility index (Phi) is 8.54. The maximum absolute atomic E-state index is 12.0. The third-order valence-corrected chi connectivity index (χ3v) is 4.82. The van der Waals surface area contributed by atoms with Gasteiger partial charge in [0.25, 0.3) is 0 Å². The van der Waals surface area contributed by atoms with E-state index in [-0.39, 0.29) is 11.8 Å². The van der Waals surface area contributed by atoms with E-state index in [0.717, 1.165) is 43.5 Å². The molecule has 0 heterocycles. The van der Waals surface area contributed by atoms with E-state index in [1.807, 2.05) is 24.3 Å². The largest absolute Gasteiger partial charge is 0.332 e. The van der Waals surface area contributed by atoms with E-state index in [0.29, 0.717) is 23.9 Å². The van der Waals surface area contributed by atoms with Crippen LogP contribution < -0.4 is 16.0 Å². The van der Waals surface area contributed by atoms with E-state index in [2.05, 4.69) is 22.9 Å². The van der Waals surface area contributed by atoms with Gasteiger partial charge in [0.2, 0.25) is 11.8 Å². The molecule has 26 heavy (non-hydrogen) atoms. The number of hydrogen-bond acceptors (Lipinski definition) is 3. The molecular weight excluding hydrogens is 346 g/mol. The standard InChI is InChI=1S/C20H29N3O2S/c1-2-3-4-12-18(24)21-16-10-7-11-17(14-16)22-20(26)23-19(25)13-15-8-5-6-9-15/h7,10-11,14-15H,2-6,8-9,12-13H2,1H3,(H,21,24)(H2,22,23,25,26). The van der Waals surface area contributed by atoms with Crippen molar-refractivity contribution in [2.75, 3.05) is 10.6 Å². The Morgan fingerprint density at radius 2 is 1.77 bits per heavy atom. The SMILES string of the molecule is CCCCCC(=O)Nc1cccc(NC(=S)NC(=O)CC2CCCC2)c1. The zero-order chi connectivity index (χ0) is 18.8. The van der Waals surface area contributed by atoms with Crippen molar-refractivity contribution in [2.24, 2.45) is 5.92 Å². The van der Waals surface area contributed by atoms with Gasteiger partial charge in [-0.3, -0.25) is 9.59 Å². The van der Waals surface area contributed by atoms with Gasteiger partial charge in [0.15, 0.2) is 5.11 Å². The molecular formula is C20H29N3O2S. The van der Waals surface area contributed by atoms with E-state index in [9.17, 15) is 9.59 Å². The fraction of sp³-hybridized carbons (Fsp3) is 0.550. The number of rotatable bonds is 8. The summed E-state index contributed by atoms with van der Waals surface area (Å²) in [5.41, 5.74) is 1.46. The van der Waals surface area contributed by atoms with E-state index in [1.165, 1.54) is 12.8 Å². The molecule has 6 heteroatoms. The van der Waals surface area contributed by atoms with Gasteiger partial charge in [0.1, 0.15) is 0 Å². The molecule has 0 radical (unpaired) electrons. The minimum atomic E-state index is -0.0326. The third kappa shape index (κ3) is 7.52. The van der Waals surface area contributed by atoms with Gasteiger partial charge in [-0.2, -0.15) is 0 Å². The van der Waals surface area contributed by atoms with Gasteiger partial charge < -0.3 is 16.0 Å². The summed E-state index contributed by atoms with van der Waals surface area (Å²) in [4.78, 5) is 24.0. The summed E-state index contributed by atoms with van der Waals surface area (Å²) >= 11 is 5.22. The molecule has 1 aliphatic carbocycles. The molecule has 142 valence electrons. The van der Waals surface area contributed by atoms with Crippen LogP contribution in [0.25, 0.3) is 0 Å². The molecule has 2 amide bonds. The topological polar surface area (TPSA) is 70.2 Å². The quantitative estimate of drug-likeness (QED) is 0.459. The molecule has 0 bridgehead atoms. The molecule has 0 unspecified atom stereocenters. The van der Waals surface area contributed by atoms with Crippen LogP contribution in [0.15, 0.2) is 24.3 Å². The first-order valence-corrected chi connectivity index (χ1v) is 9.98. The van der Waals surface area contributed by atoms with Crippen molar-refractivity contribution in [3.05, 3.63) is 24.3 Å². The molecule has 5 nitrogen and oxygen atoms in total. The van der Waals surface area contributed by atoms with Crippen molar-refractivity contribution in [3.8, 4) is 0 Å². The zero-order valence-corrected chi connectivity index (χ0v) is 16.3. The van der Waals surface area contributed by atoms with E-state index >= 15 is 0 Å². The molecule has 0 atom stereocenters. The van der Waals surface area contributed by atoms with E-state index < -0.39 is 0 Å². The summed E-state index contributed by atoms with van der Waals surface area (Å²) in [6, 6.07) is 7.34. The highest BCUT2D eigenvalue weighted by molar-refractivity contribution is 7.80. The maximum Gasteiger partial charge on any atom is 0.226 e. The predicted molar refractivity (Wildman–Crippen MR) is 110 cm³/mol. The van der Waals surface area contributed by atoms with Crippen molar-refractivity contribution in [1.82, 2.24) is 5.32 Å². The Morgan fingerprint density at radius 3 is 2.46 bits per heavy atom. The van der Waals surface area contributed by atoms with Crippen LogP contribution in [0.2, 0.25) is 0 Å². The monoisotopic (exact) mass is 375 g/mol. The molecule has 1 aliphatic rings. The molecule has 1 fully saturated rings. The smallest absolute Gasteiger partial charge is 0.226 e. The first-order chi connectivity index (χ1) is 12.6. The number of carbonyl (C=O) groups is 2. The van der Waals surface area contributed by atoms with Gasteiger partial charge in [0, 0.05) is 24.2 Å². The highest BCUT2D eigenvalue weighted by atomic mass is 32.1. The van der Waals surface area contributed by atoms with Crippen molar-refractivity contribution in [1.29, 1.82) is 0 Å². The number of nitrogens with one attached hydrogen (secondary N) is 3. The first kappa shape index (κ1) is 20.4. The van der Waals surface area contributed by atoms with Crippen LogP contribution in [-0.2, 0) is 9.59 Å². The second-order valence-electron chi connectivity index (χ2n) is 6.94. The van der Waals surface area contributed by atoms with Crippen LogP contribution in [-0.4, -0.2) is 16.9 Å². The Morgan fingerprint density at radius 1 is 1.08 bits per heavy atom. The fourth-order valence-electron chi connectivity index (χ4n) is 3.25. The average molecular weight is 376 g/mol. The molecule has 1 saturated carbocycles. The van der Waals surface area contributed by atoms with Crippen molar-refractivity contribution < 1.29 is 9.59 Å². The summed E-state index contributed by atoms with van der Waals surface area (Å²) < 4.78 is 0. The van der Waals surface area contributed by atoms with E-state index in [4.69, 9.17) is 12.2 Å². The average Bonchev–Trinajstić information content (AvgIpc) is 3.08. The molecule has 3 N–H and O–H groups in total. The summed E-state index contributed by atoms with van der Waals surface area (Å²) in [6.07, 6.45) is 8.82. The van der Waals surface area contributed by atoms with Gasteiger partial charge in [-0.1, -0.05) is 38.7 Å². The van der Waals surface area contributed by atoms with Crippen LogP contribution in [0.3, 0.4) is 0 Å². The van der Waals surface area contributed by atoms with Crippen LogP contribution in [0.1, 0.15) is 64.7 Å². The van der Waals surface area contributed by atoms with Crippen LogP contribution >= 0.6 is 12.2 Å². The zero-order valence-electron chi connectivity index (χ0n) is 15.5. The number of benzene rings is 1. The van der Waals surface area contributed by atoms with E-state index in [1.54, 1.807) is 0 Å². The highest BCUT2D eigenvalue weighted by Gasteiger charge is 2.18. The molecule has 0 spiro atoms. The Balaban J connectivity index is 1.78. The van der Waals surface area contributed by atoms with Crippen LogP contribution in [0.4, 0.5) is 11.4 Å². The molecule has 1 aromatic carbocycles. The second-order valence-corrected chi connectivity index (χ2v) is 7.35. The highest BCUT2D eigenvalue weighted by Crippen LogP contribution is 2.27. The first-order valence-electron chi connectivity index (χ1n) is 9.57. The molecule has 2 rings (SSSR count). The lowest BCUT2D eigenvalue weighted by atomic mass is 10.0. The lowest BCUT2D eigenvalue weighted by Gasteiger charge is -2.13. The number of unbranched alkanes of at least 4 members (excludes halogenated alkanes) is 2. The second kappa shape index (κ2) is 10.9. The maximum atomic E-state index is 12.0. The predicted octanol–water partition coefficient (Wildman–Crippen LogP) is 4.60. The van der Waals surface area contributed by atoms with Crippen LogP contribution in [0, 0.1) is 5.92 Å². The molecule has 1 aromatic rings. The molecule has 0 aliphatic heterocycles. The number of carbonyl (C=O) groups excluding carboxylic acids is 2. The number of amides is 2. The van der Waals surface area contributed by atoms with Crippen molar-refractivity contribution >= 4 is 40.5 Å². The molecule has 0 aromatic heterocycles. The normalized spacial score (nSPS) is 14.0.